The molecule has 2 nitrogen and oxygen atoms in total. The molecule has 2 aromatic rings. The van der Waals surface area contributed by atoms with Crippen LogP contribution >= 0.6 is 0 Å². The normalized spacial score (nSPS) is 9.75. The van der Waals surface area contributed by atoms with E-state index >= 15 is 0 Å². The van der Waals surface area contributed by atoms with E-state index in [1.807, 2.05) is 42.5 Å². The molecule has 0 aliphatic heterocycles. The van der Waals surface area contributed by atoms with E-state index in [9.17, 15) is 0 Å². The molecule has 79 valence electrons. The lowest BCUT2D eigenvalue weighted by atomic mass is 10.2. The Kier molecular flexibility index (Phi) is 3.34. The van der Waals surface area contributed by atoms with Gasteiger partial charge in [-0.1, -0.05) is 42.5 Å². The van der Waals surface area contributed by atoms with Gasteiger partial charge >= 0.3 is 0 Å². The van der Waals surface area contributed by atoms with Crippen LogP contribution in [0.3, 0.4) is 0 Å². The number of benzene rings is 2. The third kappa shape index (κ3) is 2.70. The molecule has 16 heavy (non-hydrogen) atoms. The van der Waals surface area contributed by atoms with Gasteiger partial charge in [0.2, 0.25) is 5.90 Å². The van der Waals surface area contributed by atoms with Crippen molar-refractivity contribution in [3.63, 3.8) is 0 Å². The molecule has 2 heteroatoms. The highest BCUT2D eigenvalue weighted by Gasteiger charge is 2.01. The number of nitrogens with one attached hydrogen (secondary N) is 1. The van der Waals surface area contributed by atoms with Crippen LogP contribution < -0.4 is 0 Å². The van der Waals surface area contributed by atoms with Crippen LogP contribution in [0.25, 0.3) is 0 Å². The van der Waals surface area contributed by atoms with Crippen LogP contribution in [-0.2, 0) is 11.3 Å². The summed E-state index contributed by atoms with van der Waals surface area (Å²) in [6, 6.07) is 19.9. The van der Waals surface area contributed by atoms with Crippen molar-refractivity contribution in [2.75, 3.05) is 0 Å². The second kappa shape index (κ2) is 5.12. The molecule has 1 radical (unpaired) electrons. The van der Waals surface area contributed by atoms with Gasteiger partial charge in [-0.3, -0.25) is 5.41 Å². The minimum absolute atomic E-state index is 0.192. The van der Waals surface area contributed by atoms with Gasteiger partial charge in [0.1, 0.15) is 6.61 Å². The topological polar surface area (TPSA) is 33.1 Å². The first-order valence-corrected chi connectivity index (χ1v) is 5.08. The maximum absolute atomic E-state index is 7.74. The van der Waals surface area contributed by atoms with Crippen molar-refractivity contribution in [3.8, 4) is 0 Å². The number of hydrogen-bond donors (Lipinski definition) is 1. The molecule has 0 unspecified atom stereocenters. The molecule has 1 N–H and O–H groups in total. The van der Waals surface area contributed by atoms with Gasteiger partial charge < -0.3 is 4.74 Å². The number of rotatable bonds is 3. The van der Waals surface area contributed by atoms with Crippen molar-refractivity contribution in [2.45, 2.75) is 6.61 Å². The van der Waals surface area contributed by atoms with Gasteiger partial charge in [-0.05, 0) is 23.8 Å². The predicted molar refractivity (Wildman–Crippen MR) is 63.3 cm³/mol. The monoisotopic (exact) mass is 210 g/mol. The van der Waals surface area contributed by atoms with Crippen molar-refractivity contribution < 1.29 is 4.74 Å². The first-order valence-electron chi connectivity index (χ1n) is 5.08. The van der Waals surface area contributed by atoms with Crippen LogP contribution in [0, 0.1) is 11.5 Å². The summed E-state index contributed by atoms with van der Waals surface area (Å²) in [4.78, 5) is 0. The van der Waals surface area contributed by atoms with Gasteiger partial charge in [0.25, 0.3) is 0 Å². The molecule has 0 aliphatic rings. The standard InChI is InChI=1S/C14H12NO/c15-14(13-9-5-2-6-10-13)16-11-12-7-3-1-4-8-12/h1,3-10,15H,11H2. The predicted octanol–water partition coefficient (Wildman–Crippen LogP) is 3.03. The average Bonchev–Trinajstić information content (AvgIpc) is 2.38. The Bertz CT molecular complexity index is 451. The zero-order valence-electron chi connectivity index (χ0n) is 8.81. The summed E-state index contributed by atoms with van der Waals surface area (Å²) in [6.45, 7) is 0.429. The van der Waals surface area contributed by atoms with Gasteiger partial charge in [0.05, 0.1) is 0 Å². The zero-order valence-corrected chi connectivity index (χ0v) is 8.81. The zero-order chi connectivity index (χ0) is 11.2. The van der Waals surface area contributed by atoms with Crippen LogP contribution in [-0.4, -0.2) is 5.90 Å². The van der Waals surface area contributed by atoms with Crippen LogP contribution in [0.1, 0.15) is 11.1 Å². The molecule has 0 bridgehead atoms. The summed E-state index contributed by atoms with van der Waals surface area (Å²) in [5, 5.41) is 7.74. The van der Waals surface area contributed by atoms with Crippen LogP contribution in [0.15, 0.2) is 54.6 Å². The lowest BCUT2D eigenvalue weighted by molar-refractivity contribution is 0.291. The van der Waals surface area contributed by atoms with Gasteiger partial charge in [-0.15, -0.1) is 0 Å². The largest absolute Gasteiger partial charge is 0.473 e. The molecular weight excluding hydrogens is 198 g/mol. The molecule has 0 saturated carbocycles. The molecule has 0 fully saturated rings. The number of ether oxygens (including phenoxy) is 1. The maximum Gasteiger partial charge on any atom is 0.213 e. The second-order valence-corrected chi connectivity index (χ2v) is 3.39. The molecule has 2 aromatic carbocycles. The van der Waals surface area contributed by atoms with E-state index in [1.165, 1.54) is 0 Å². The molecule has 0 saturated heterocycles. The van der Waals surface area contributed by atoms with Crippen LogP contribution in [0.4, 0.5) is 0 Å². The molecular formula is C14H12NO. The molecule has 0 aromatic heterocycles. The molecule has 0 aliphatic carbocycles. The highest BCUT2D eigenvalue weighted by molar-refractivity contribution is 5.91. The minimum Gasteiger partial charge on any atom is -0.473 e. The Morgan fingerprint density at radius 2 is 1.75 bits per heavy atom. The Balaban J connectivity index is 1.95. The van der Waals surface area contributed by atoms with Crippen molar-refractivity contribution in [1.82, 2.24) is 0 Å². The smallest absolute Gasteiger partial charge is 0.213 e. The van der Waals surface area contributed by atoms with Crippen molar-refractivity contribution in [3.05, 3.63) is 71.8 Å². The fourth-order valence-electron chi connectivity index (χ4n) is 1.35. The lowest BCUT2D eigenvalue weighted by Gasteiger charge is -2.07. The second-order valence-electron chi connectivity index (χ2n) is 3.39. The Hall–Kier alpha value is -2.09. The van der Waals surface area contributed by atoms with Crippen molar-refractivity contribution in [1.29, 1.82) is 5.41 Å². The minimum atomic E-state index is 0.192. The van der Waals surface area contributed by atoms with Gasteiger partial charge in [0, 0.05) is 5.56 Å². The van der Waals surface area contributed by atoms with Crippen LogP contribution in [0.2, 0.25) is 0 Å². The maximum atomic E-state index is 7.74. The summed E-state index contributed by atoms with van der Waals surface area (Å²) >= 11 is 0. The lowest BCUT2D eigenvalue weighted by Crippen LogP contribution is -2.04. The highest BCUT2D eigenvalue weighted by atomic mass is 16.5. The van der Waals surface area contributed by atoms with E-state index in [2.05, 4.69) is 6.07 Å². The fraction of sp³-hybridized carbons (Fsp3) is 0.0714. The van der Waals surface area contributed by atoms with E-state index in [0.29, 0.717) is 6.61 Å². The Labute approximate surface area is 95.0 Å². The van der Waals surface area contributed by atoms with E-state index in [0.717, 1.165) is 11.1 Å². The van der Waals surface area contributed by atoms with E-state index in [1.54, 1.807) is 12.1 Å². The SMILES string of the molecule is N=C(OCc1ccccc1)c1cc[c]cc1. The van der Waals surface area contributed by atoms with Crippen molar-refractivity contribution in [2.24, 2.45) is 0 Å². The van der Waals surface area contributed by atoms with Gasteiger partial charge in [-0.25, -0.2) is 0 Å². The first-order chi connectivity index (χ1) is 7.86. The Morgan fingerprint density at radius 3 is 2.44 bits per heavy atom. The summed E-state index contributed by atoms with van der Waals surface area (Å²) in [5.74, 6) is 0.192. The van der Waals surface area contributed by atoms with Gasteiger partial charge in [0.15, 0.2) is 0 Å². The van der Waals surface area contributed by atoms with E-state index < -0.39 is 0 Å². The molecule has 2 rings (SSSR count). The molecule has 0 spiro atoms. The van der Waals surface area contributed by atoms with E-state index in [4.69, 9.17) is 10.1 Å². The summed E-state index contributed by atoms with van der Waals surface area (Å²) in [5.41, 5.74) is 1.84. The fourth-order valence-corrected chi connectivity index (χ4v) is 1.35. The first kappa shape index (κ1) is 10.4. The van der Waals surface area contributed by atoms with Crippen molar-refractivity contribution >= 4 is 5.90 Å². The summed E-state index contributed by atoms with van der Waals surface area (Å²) in [6.07, 6.45) is 0. The molecule has 0 atom stereocenters. The Morgan fingerprint density at radius 1 is 1.06 bits per heavy atom. The third-order valence-electron chi connectivity index (χ3n) is 2.21. The quantitative estimate of drug-likeness (QED) is 0.613. The van der Waals surface area contributed by atoms with Crippen LogP contribution in [0.5, 0.6) is 0 Å². The molecule has 0 heterocycles. The van der Waals surface area contributed by atoms with Gasteiger partial charge in [-0.2, -0.15) is 0 Å². The molecule has 0 amide bonds. The average molecular weight is 210 g/mol. The number of hydrogen-bond acceptors (Lipinski definition) is 2. The summed E-state index contributed by atoms with van der Waals surface area (Å²) < 4.78 is 5.38. The third-order valence-corrected chi connectivity index (χ3v) is 2.21. The summed E-state index contributed by atoms with van der Waals surface area (Å²) in [7, 11) is 0. The highest BCUT2D eigenvalue weighted by Crippen LogP contribution is 2.05. The van der Waals surface area contributed by atoms with E-state index in [-0.39, 0.29) is 5.90 Å².